The van der Waals surface area contributed by atoms with E-state index < -0.39 is 0 Å². The molecule has 0 saturated heterocycles. The number of hydrogen-bond acceptors (Lipinski definition) is 3. The number of aliphatic hydroxyl groups excluding tert-OH is 1. The predicted molar refractivity (Wildman–Crippen MR) is 72.4 cm³/mol. The lowest BCUT2D eigenvalue weighted by Gasteiger charge is -2.26. The van der Waals surface area contributed by atoms with E-state index in [1.807, 2.05) is 19.2 Å². The van der Waals surface area contributed by atoms with E-state index in [4.69, 9.17) is 0 Å². The van der Waals surface area contributed by atoms with Gasteiger partial charge in [-0.1, -0.05) is 20.8 Å². The number of anilines is 1. The van der Waals surface area contributed by atoms with Crippen LogP contribution in [0.25, 0.3) is 0 Å². The van der Waals surface area contributed by atoms with Gasteiger partial charge >= 0.3 is 0 Å². The van der Waals surface area contributed by atoms with E-state index in [0.717, 1.165) is 17.1 Å². The molecule has 3 heteroatoms. The summed E-state index contributed by atoms with van der Waals surface area (Å²) in [7, 11) is 2.03. The van der Waals surface area contributed by atoms with Crippen molar-refractivity contribution >= 4 is 5.82 Å². The molecule has 0 saturated carbocycles. The van der Waals surface area contributed by atoms with Crippen LogP contribution in [0.4, 0.5) is 5.82 Å². The van der Waals surface area contributed by atoms with Crippen LogP contribution in [-0.4, -0.2) is 23.2 Å². The van der Waals surface area contributed by atoms with Gasteiger partial charge in [0.25, 0.3) is 0 Å². The van der Waals surface area contributed by atoms with Crippen LogP contribution >= 0.6 is 0 Å². The topological polar surface area (TPSA) is 36.4 Å². The average Bonchev–Trinajstić information content (AvgIpc) is 2.26. The van der Waals surface area contributed by atoms with Gasteiger partial charge in [0.05, 0.1) is 6.61 Å². The Balaban J connectivity index is 3.23. The van der Waals surface area contributed by atoms with Gasteiger partial charge in [-0.25, -0.2) is 4.98 Å². The minimum Gasteiger partial charge on any atom is -0.392 e. The molecule has 0 amide bonds. The summed E-state index contributed by atoms with van der Waals surface area (Å²) in [6.45, 7) is 10.7. The second-order valence-electron chi connectivity index (χ2n) is 5.83. The minimum absolute atomic E-state index is 0.00223. The van der Waals surface area contributed by atoms with Crippen molar-refractivity contribution in [1.29, 1.82) is 0 Å². The predicted octanol–water partition coefficient (Wildman–Crippen LogP) is 2.72. The maximum atomic E-state index is 9.33. The smallest absolute Gasteiger partial charge is 0.129 e. The maximum absolute atomic E-state index is 9.33. The van der Waals surface area contributed by atoms with Gasteiger partial charge in [-0.3, -0.25) is 0 Å². The van der Waals surface area contributed by atoms with Crippen molar-refractivity contribution in [3.05, 3.63) is 23.4 Å². The SMILES string of the molecule is CC(C)N(C)c1cc(CO)cc(C(C)(C)C)n1. The van der Waals surface area contributed by atoms with Crippen molar-refractivity contribution in [2.75, 3.05) is 11.9 Å². The normalized spacial score (nSPS) is 12.0. The molecule has 1 aromatic heterocycles. The summed E-state index contributed by atoms with van der Waals surface area (Å²) in [4.78, 5) is 6.81. The van der Waals surface area contributed by atoms with Crippen LogP contribution in [0, 0.1) is 0 Å². The standard InChI is InChI=1S/C14H24N2O/c1-10(2)16(6)13-8-11(9-17)7-12(15-13)14(3,4)5/h7-8,10,17H,9H2,1-6H3. The number of nitrogens with zero attached hydrogens (tertiary/aromatic N) is 2. The summed E-state index contributed by atoms with van der Waals surface area (Å²) < 4.78 is 0. The number of hydrogen-bond donors (Lipinski definition) is 1. The fourth-order valence-corrected chi connectivity index (χ4v) is 1.49. The van der Waals surface area contributed by atoms with Gasteiger partial charge < -0.3 is 10.0 Å². The van der Waals surface area contributed by atoms with E-state index in [1.165, 1.54) is 0 Å². The fraction of sp³-hybridized carbons (Fsp3) is 0.643. The van der Waals surface area contributed by atoms with Gasteiger partial charge in [0.1, 0.15) is 5.82 Å². The Morgan fingerprint density at radius 1 is 1.29 bits per heavy atom. The summed E-state index contributed by atoms with van der Waals surface area (Å²) in [5, 5.41) is 9.33. The monoisotopic (exact) mass is 236 g/mol. The van der Waals surface area contributed by atoms with Crippen molar-refractivity contribution < 1.29 is 5.11 Å². The Labute approximate surface area is 104 Å². The van der Waals surface area contributed by atoms with Crippen molar-refractivity contribution in [2.45, 2.75) is 52.7 Å². The molecule has 3 nitrogen and oxygen atoms in total. The van der Waals surface area contributed by atoms with Crippen molar-refractivity contribution in [3.8, 4) is 0 Å². The first-order valence-electron chi connectivity index (χ1n) is 6.11. The molecule has 0 fully saturated rings. The zero-order valence-electron chi connectivity index (χ0n) is 11.8. The molecule has 0 radical (unpaired) electrons. The Bertz CT molecular complexity index is 380. The lowest BCUT2D eigenvalue weighted by Crippen LogP contribution is -2.28. The zero-order chi connectivity index (χ0) is 13.2. The van der Waals surface area contributed by atoms with E-state index in [9.17, 15) is 5.11 Å². The summed E-state index contributed by atoms with van der Waals surface area (Å²) in [5.41, 5.74) is 1.94. The van der Waals surface area contributed by atoms with Crippen molar-refractivity contribution in [1.82, 2.24) is 4.98 Å². The summed E-state index contributed by atoms with van der Waals surface area (Å²) in [5.74, 6) is 0.927. The second kappa shape index (κ2) is 5.05. The largest absolute Gasteiger partial charge is 0.392 e. The third-order valence-electron chi connectivity index (χ3n) is 2.96. The van der Waals surface area contributed by atoms with Gasteiger partial charge in [-0.05, 0) is 31.5 Å². The lowest BCUT2D eigenvalue weighted by atomic mass is 9.91. The average molecular weight is 236 g/mol. The highest BCUT2D eigenvalue weighted by atomic mass is 16.3. The molecule has 1 aromatic rings. The van der Waals surface area contributed by atoms with E-state index in [0.29, 0.717) is 6.04 Å². The fourth-order valence-electron chi connectivity index (χ4n) is 1.49. The third kappa shape index (κ3) is 3.43. The van der Waals surface area contributed by atoms with Crippen LogP contribution in [-0.2, 0) is 12.0 Å². The van der Waals surface area contributed by atoms with Crippen LogP contribution in [0.2, 0.25) is 0 Å². The molecule has 96 valence electrons. The van der Waals surface area contributed by atoms with E-state index in [-0.39, 0.29) is 12.0 Å². The van der Waals surface area contributed by atoms with E-state index in [2.05, 4.69) is 44.5 Å². The Morgan fingerprint density at radius 3 is 2.29 bits per heavy atom. The van der Waals surface area contributed by atoms with Crippen LogP contribution in [0.1, 0.15) is 45.9 Å². The number of pyridine rings is 1. The highest BCUT2D eigenvalue weighted by Crippen LogP contribution is 2.25. The summed E-state index contributed by atoms with van der Waals surface area (Å²) >= 11 is 0. The molecular weight excluding hydrogens is 212 g/mol. The molecule has 1 N–H and O–H groups in total. The highest BCUT2D eigenvalue weighted by Gasteiger charge is 2.18. The first-order valence-corrected chi connectivity index (χ1v) is 6.11. The van der Waals surface area contributed by atoms with Gasteiger partial charge in [0.15, 0.2) is 0 Å². The van der Waals surface area contributed by atoms with Crippen LogP contribution in [0.3, 0.4) is 0 Å². The van der Waals surface area contributed by atoms with Crippen LogP contribution < -0.4 is 4.90 Å². The molecule has 0 aliphatic rings. The summed E-state index contributed by atoms with van der Waals surface area (Å²) in [6.07, 6.45) is 0. The number of aliphatic hydroxyl groups is 1. The second-order valence-corrected chi connectivity index (χ2v) is 5.83. The molecule has 0 aliphatic heterocycles. The molecular formula is C14H24N2O. The van der Waals surface area contributed by atoms with Gasteiger partial charge in [-0.2, -0.15) is 0 Å². The molecule has 0 atom stereocenters. The van der Waals surface area contributed by atoms with Crippen molar-refractivity contribution in [2.24, 2.45) is 0 Å². The van der Waals surface area contributed by atoms with E-state index in [1.54, 1.807) is 0 Å². The highest BCUT2D eigenvalue weighted by molar-refractivity contribution is 5.43. The molecule has 0 aromatic carbocycles. The summed E-state index contributed by atoms with van der Waals surface area (Å²) in [6, 6.07) is 4.33. The first-order chi connectivity index (χ1) is 7.75. The molecule has 17 heavy (non-hydrogen) atoms. The Kier molecular flexibility index (Phi) is 4.15. The molecule has 0 bridgehead atoms. The Morgan fingerprint density at radius 2 is 1.88 bits per heavy atom. The molecule has 0 unspecified atom stereocenters. The molecule has 0 aliphatic carbocycles. The minimum atomic E-state index is -0.00223. The number of aromatic nitrogens is 1. The molecule has 1 rings (SSSR count). The van der Waals surface area contributed by atoms with Gasteiger partial charge in [0, 0.05) is 24.2 Å². The lowest BCUT2D eigenvalue weighted by molar-refractivity contribution is 0.281. The molecule has 0 spiro atoms. The maximum Gasteiger partial charge on any atom is 0.129 e. The zero-order valence-corrected chi connectivity index (χ0v) is 11.8. The quantitative estimate of drug-likeness (QED) is 0.876. The Hall–Kier alpha value is -1.09. The van der Waals surface area contributed by atoms with E-state index >= 15 is 0 Å². The number of rotatable bonds is 3. The van der Waals surface area contributed by atoms with Crippen molar-refractivity contribution in [3.63, 3.8) is 0 Å². The van der Waals surface area contributed by atoms with Gasteiger partial charge in [-0.15, -0.1) is 0 Å². The van der Waals surface area contributed by atoms with Crippen LogP contribution in [0.5, 0.6) is 0 Å². The van der Waals surface area contributed by atoms with Crippen LogP contribution in [0.15, 0.2) is 12.1 Å². The van der Waals surface area contributed by atoms with Gasteiger partial charge in [0.2, 0.25) is 0 Å². The first kappa shape index (κ1) is 14.0. The molecule has 1 heterocycles. The third-order valence-corrected chi connectivity index (χ3v) is 2.96.